The zero-order chi connectivity index (χ0) is 19.2. The predicted molar refractivity (Wildman–Crippen MR) is 93.0 cm³/mol. The molecule has 0 amide bonds. The van der Waals surface area contributed by atoms with Crippen molar-refractivity contribution >= 4 is 5.96 Å². The van der Waals surface area contributed by atoms with Gasteiger partial charge in [-0.3, -0.25) is 4.99 Å². The van der Waals surface area contributed by atoms with Crippen molar-refractivity contribution in [1.29, 1.82) is 0 Å². The van der Waals surface area contributed by atoms with Gasteiger partial charge in [-0.1, -0.05) is 19.0 Å². The van der Waals surface area contributed by atoms with Gasteiger partial charge in [-0.05, 0) is 32.6 Å². The van der Waals surface area contributed by atoms with Crippen molar-refractivity contribution in [2.45, 2.75) is 71.0 Å². The van der Waals surface area contributed by atoms with Gasteiger partial charge in [0.05, 0.1) is 12.5 Å². The average Bonchev–Trinajstić information content (AvgIpc) is 3.04. The summed E-state index contributed by atoms with van der Waals surface area (Å²) in [5.74, 6) is 0.871. The Balaban J connectivity index is 1.83. The first-order valence-electron chi connectivity index (χ1n) is 9.23. The third-order valence-corrected chi connectivity index (χ3v) is 4.47. The molecule has 2 N–H and O–H groups in total. The second kappa shape index (κ2) is 9.23. The molecular weight excluding hydrogens is 347 g/mol. The normalized spacial score (nSPS) is 21.9. The predicted octanol–water partition coefficient (Wildman–Crippen LogP) is 3.41. The highest BCUT2D eigenvalue weighted by atomic mass is 19.4. The zero-order valence-corrected chi connectivity index (χ0v) is 15.6. The monoisotopic (exact) mass is 375 g/mol. The van der Waals surface area contributed by atoms with E-state index in [1.54, 1.807) is 0 Å². The van der Waals surface area contributed by atoms with Crippen LogP contribution in [0, 0.1) is 5.92 Å². The molecule has 1 fully saturated rings. The van der Waals surface area contributed by atoms with Crippen LogP contribution in [0.25, 0.3) is 0 Å². The average molecular weight is 375 g/mol. The summed E-state index contributed by atoms with van der Waals surface area (Å²) in [5.41, 5.74) is 0. The number of alkyl halides is 3. The van der Waals surface area contributed by atoms with Gasteiger partial charge in [-0.2, -0.15) is 18.2 Å². The summed E-state index contributed by atoms with van der Waals surface area (Å²) < 4.78 is 43.4. The van der Waals surface area contributed by atoms with Crippen molar-refractivity contribution in [3.63, 3.8) is 0 Å². The Morgan fingerprint density at radius 1 is 1.27 bits per heavy atom. The van der Waals surface area contributed by atoms with Gasteiger partial charge in [-0.15, -0.1) is 0 Å². The van der Waals surface area contributed by atoms with E-state index in [0.29, 0.717) is 50.0 Å². The zero-order valence-electron chi connectivity index (χ0n) is 15.6. The van der Waals surface area contributed by atoms with E-state index < -0.39 is 12.1 Å². The van der Waals surface area contributed by atoms with Gasteiger partial charge in [0.1, 0.15) is 0 Å². The maximum absolute atomic E-state index is 12.8. The van der Waals surface area contributed by atoms with Crippen molar-refractivity contribution in [2.75, 3.05) is 13.1 Å². The summed E-state index contributed by atoms with van der Waals surface area (Å²) in [6, 6.07) is 0.0161. The van der Waals surface area contributed by atoms with Crippen LogP contribution in [0.4, 0.5) is 13.2 Å². The lowest BCUT2D eigenvalue weighted by molar-refractivity contribution is -0.182. The smallest absolute Gasteiger partial charge is 0.357 e. The van der Waals surface area contributed by atoms with Gasteiger partial charge in [0, 0.05) is 24.9 Å². The number of halogens is 3. The highest BCUT2D eigenvalue weighted by Gasteiger charge is 2.41. The minimum absolute atomic E-state index is 0.0161. The fourth-order valence-electron chi connectivity index (χ4n) is 2.95. The molecule has 1 aromatic rings. The number of rotatable bonds is 6. The Kier molecular flexibility index (Phi) is 7.28. The lowest BCUT2D eigenvalue weighted by Crippen LogP contribution is -2.46. The largest absolute Gasteiger partial charge is 0.391 e. The van der Waals surface area contributed by atoms with Crippen molar-refractivity contribution in [3.8, 4) is 0 Å². The lowest BCUT2D eigenvalue weighted by Gasteiger charge is -2.31. The third kappa shape index (κ3) is 6.17. The van der Waals surface area contributed by atoms with Crippen molar-refractivity contribution in [1.82, 2.24) is 20.8 Å². The number of nitrogens with zero attached hydrogens (tertiary/aromatic N) is 3. The maximum Gasteiger partial charge on any atom is 0.391 e. The Bertz CT molecular complexity index is 577. The molecule has 1 aliphatic rings. The highest BCUT2D eigenvalue weighted by molar-refractivity contribution is 5.80. The second-order valence-corrected chi connectivity index (χ2v) is 6.95. The Morgan fingerprint density at radius 2 is 1.96 bits per heavy atom. The van der Waals surface area contributed by atoms with Gasteiger partial charge in [0.15, 0.2) is 11.8 Å². The van der Waals surface area contributed by atoms with E-state index in [9.17, 15) is 13.2 Å². The van der Waals surface area contributed by atoms with Crippen molar-refractivity contribution in [2.24, 2.45) is 10.9 Å². The molecule has 0 aliphatic heterocycles. The molecule has 1 heterocycles. The first-order chi connectivity index (χ1) is 12.3. The maximum atomic E-state index is 12.8. The number of aliphatic imine (C=N–C) groups is 1. The molecule has 1 aliphatic carbocycles. The molecule has 6 nitrogen and oxygen atoms in total. The summed E-state index contributed by atoms with van der Waals surface area (Å²) >= 11 is 0. The molecular formula is C17H28F3N5O. The van der Waals surface area contributed by atoms with Gasteiger partial charge >= 0.3 is 6.18 Å². The van der Waals surface area contributed by atoms with Crippen LogP contribution in [0.3, 0.4) is 0 Å². The van der Waals surface area contributed by atoms with E-state index in [2.05, 4.69) is 25.8 Å². The third-order valence-electron chi connectivity index (χ3n) is 4.47. The number of guanidine groups is 1. The first-order valence-corrected chi connectivity index (χ1v) is 9.23. The molecule has 0 bridgehead atoms. The topological polar surface area (TPSA) is 75.3 Å². The quantitative estimate of drug-likeness (QED) is 0.589. The SMILES string of the molecule is CCNC(=NCCc1nc(C(C)C)no1)NC1CCC(C(F)(F)F)CC1. The van der Waals surface area contributed by atoms with Crippen LogP contribution in [0.1, 0.15) is 64.1 Å². The van der Waals surface area contributed by atoms with E-state index in [1.165, 1.54) is 0 Å². The van der Waals surface area contributed by atoms with Crippen LogP contribution >= 0.6 is 0 Å². The van der Waals surface area contributed by atoms with Crippen LogP contribution in [-0.2, 0) is 6.42 Å². The minimum atomic E-state index is -4.08. The van der Waals surface area contributed by atoms with Gasteiger partial charge in [0.25, 0.3) is 0 Å². The first kappa shape index (κ1) is 20.5. The fourth-order valence-corrected chi connectivity index (χ4v) is 2.95. The molecule has 26 heavy (non-hydrogen) atoms. The number of aromatic nitrogens is 2. The van der Waals surface area contributed by atoms with Gasteiger partial charge in [-0.25, -0.2) is 0 Å². The summed E-state index contributed by atoms with van der Waals surface area (Å²) in [4.78, 5) is 8.77. The molecule has 0 spiro atoms. The summed E-state index contributed by atoms with van der Waals surface area (Å²) in [6.45, 7) is 7.08. The standard InChI is InChI=1S/C17H28F3N5O/c1-4-21-16(22-10-9-14-24-15(11(2)3)25-26-14)23-13-7-5-12(6-8-13)17(18,19)20/h11-13H,4-10H2,1-3H3,(H2,21,22,23). The summed E-state index contributed by atoms with van der Waals surface area (Å²) in [6.07, 6.45) is -2.23. The minimum Gasteiger partial charge on any atom is -0.357 e. The van der Waals surface area contributed by atoms with Crippen LogP contribution < -0.4 is 10.6 Å². The highest BCUT2D eigenvalue weighted by Crippen LogP contribution is 2.37. The van der Waals surface area contributed by atoms with E-state index in [0.717, 1.165) is 0 Å². The Morgan fingerprint density at radius 3 is 2.50 bits per heavy atom. The van der Waals surface area contributed by atoms with Crippen LogP contribution in [0.5, 0.6) is 0 Å². The number of hydrogen-bond donors (Lipinski definition) is 2. The molecule has 1 saturated carbocycles. The Labute approximate surface area is 152 Å². The van der Waals surface area contributed by atoms with Crippen LogP contribution in [-0.4, -0.2) is 41.4 Å². The number of nitrogens with one attached hydrogen (secondary N) is 2. The Hall–Kier alpha value is -1.80. The van der Waals surface area contributed by atoms with Crippen LogP contribution in [0.15, 0.2) is 9.52 Å². The molecule has 0 radical (unpaired) electrons. The van der Waals surface area contributed by atoms with Crippen molar-refractivity contribution in [3.05, 3.63) is 11.7 Å². The second-order valence-electron chi connectivity index (χ2n) is 6.95. The summed E-state index contributed by atoms with van der Waals surface area (Å²) in [5, 5.41) is 10.3. The molecule has 0 unspecified atom stereocenters. The fraction of sp³-hybridized carbons (Fsp3) is 0.824. The molecule has 0 aromatic carbocycles. The van der Waals surface area contributed by atoms with E-state index in [1.807, 2.05) is 20.8 Å². The van der Waals surface area contributed by atoms with Crippen LogP contribution in [0.2, 0.25) is 0 Å². The van der Waals surface area contributed by atoms with Gasteiger partial charge < -0.3 is 15.2 Å². The van der Waals surface area contributed by atoms with E-state index in [4.69, 9.17) is 4.52 Å². The number of hydrogen-bond acceptors (Lipinski definition) is 4. The molecule has 9 heteroatoms. The molecule has 148 valence electrons. The van der Waals surface area contributed by atoms with E-state index in [-0.39, 0.29) is 24.8 Å². The molecule has 2 rings (SSSR count). The molecule has 0 saturated heterocycles. The lowest BCUT2D eigenvalue weighted by atomic mass is 9.85. The van der Waals surface area contributed by atoms with Crippen molar-refractivity contribution < 1.29 is 17.7 Å². The summed E-state index contributed by atoms with van der Waals surface area (Å²) in [7, 11) is 0. The molecule has 1 aromatic heterocycles. The van der Waals surface area contributed by atoms with E-state index >= 15 is 0 Å². The van der Waals surface area contributed by atoms with Gasteiger partial charge in [0.2, 0.25) is 5.89 Å². The molecule has 0 atom stereocenters.